The molecule has 0 bridgehead atoms. The van der Waals surface area contributed by atoms with E-state index in [-0.39, 0.29) is 39.4 Å². The monoisotopic (exact) mass is 448 g/mol. The summed E-state index contributed by atoms with van der Waals surface area (Å²) in [5.74, 6) is 0.384. The smallest absolute Gasteiger partial charge is 0.243 e. The Labute approximate surface area is 172 Å². The Morgan fingerprint density at radius 3 is 2.36 bits per heavy atom. The maximum absolute atomic E-state index is 12.5. The van der Waals surface area contributed by atoms with Gasteiger partial charge in [0.15, 0.2) is 9.84 Å². The molecule has 28 heavy (non-hydrogen) atoms. The van der Waals surface area contributed by atoms with E-state index in [0.717, 1.165) is 5.56 Å². The van der Waals surface area contributed by atoms with Crippen LogP contribution in [0, 0.1) is 0 Å². The molecule has 158 valence electrons. The van der Waals surface area contributed by atoms with Crippen LogP contribution >= 0.6 is 11.8 Å². The van der Waals surface area contributed by atoms with Crippen LogP contribution in [0.3, 0.4) is 0 Å². The second-order valence-electron chi connectivity index (χ2n) is 6.78. The van der Waals surface area contributed by atoms with Crippen molar-refractivity contribution in [3.05, 3.63) is 29.8 Å². The molecule has 1 fully saturated rings. The maximum Gasteiger partial charge on any atom is 0.243 e. The molecule has 2 atom stereocenters. The van der Waals surface area contributed by atoms with E-state index >= 15 is 0 Å². The van der Waals surface area contributed by atoms with Crippen molar-refractivity contribution in [1.29, 1.82) is 0 Å². The number of sulfonamides is 1. The summed E-state index contributed by atoms with van der Waals surface area (Å²) in [7, 11) is -6.44. The van der Waals surface area contributed by atoms with E-state index in [1.165, 1.54) is 16.1 Å². The lowest BCUT2D eigenvalue weighted by atomic mass is 10.1. The second-order valence-corrected chi connectivity index (χ2v) is 12.2. The summed E-state index contributed by atoms with van der Waals surface area (Å²) in [5, 5.41) is 2.86. The predicted octanol–water partition coefficient (Wildman–Crippen LogP) is 1.81. The summed E-state index contributed by atoms with van der Waals surface area (Å²) in [4.78, 5) is 12.4. The molecule has 0 spiro atoms. The number of nitrogens with zero attached hydrogens (tertiary/aromatic N) is 1. The summed E-state index contributed by atoms with van der Waals surface area (Å²) in [6.07, 6.45) is 0.596. The van der Waals surface area contributed by atoms with Crippen LogP contribution in [-0.4, -0.2) is 62.6 Å². The van der Waals surface area contributed by atoms with Crippen LogP contribution in [0.15, 0.2) is 29.2 Å². The van der Waals surface area contributed by atoms with E-state index < -0.39 is 19.9 Å². The van der Waals surface area contributed by atoms with Gasteiger partial charge in [-0.15, -0.1) is 11.8 Å². The van der Waals surface area contributed by atoms with E-state index in [9.17, 15) is 21.6 Å². The third-order valence-corrected chi connectivity index (χ3v) is 10.1. The van der Waals surface area contributed by atoms with Crippen molar-refractivity contribution in [3.63, 3.8) is 0 Å². The molecular weight excluding hydrogens is 420 g/mol. The molecule has 7 nitrogen and oxygen atoms in total. The minimum absolute atomic E-state index is 0.0179. The number of hydrogen-bond donors (Lipinski definition) is 1. The van der Waals surface area contributed by atoms with Gasteiger partial charge in [0.2, 0.25) is 15.9 Å². The molecule has 2 unspecified atom stereocenters. The van der Waals surface area contributed by atoms with Crippen molar-refractivity contribution in [2.24, 2.45) is 0 Å². The normalized spacial score (nSPS) is 20.2. The summed E-state index contributed by atoms with van der Waals surface area (Å²) >= 11 is 1.37. The molecule has 2 rings (SSSR count). The fourth-order valence-corrected chi connectivity index (χ4v) is 8.01. The number of amides is 1. The molecule has 0 radical (unpaired) electrons. The number of rotatable bonds is 9. The molecule has 0 saturated carbocycles. The Kier molecular flexibility index (Phi) is 7.95. The molecule has 1 aliphatic rings. The van der Waals surface area contributed by atoms with Gasteiger partial charge in [-0.25, -0.2) is 16.8 Å². The van der Waals surface area contributed by atoms with Gasteiger partial charge in [-0.3, -0.25) is 4.79 Å². The van der Waals surface area contributed by atoms with Crippen molar-refractivity contribution >= 4 is 37.5 Å². The summed E-state index contributed by atoms with van der Waals surface area (Å²) < 4.78 is 49.4. The van der Waals surface area contributed by atoms with Gasteiger partial charge >= 0.3 is 0 Å². The summed E-state index contributed by atoms with van der Waals surface area (Å²) in [6.45, 7) is 6.24. The molecule has 1 N–H and O–H groups in total. The Hall–Kier alpha value is -1.10. The van der Waals surface area contributed by atoms with E-state index in [1.807, 2.05) is 6.92 Å². The number of hydrogen-bond acceptors (Lipinski definition) is 6. The zero-order valence-electron chi connectivity index (χ0n) is 16.4. The molecule has 0 aromatic heterocycles. The molecular formula is C18H28N2O5S3. The minimum atomic E-state index is -3.50. The molecule has 1 amide bonds. The lowest BCUT2D eigenvalue weighted by Crippen LogP contribution is -2.31. The molecule has 1 aromatic rings. The first-order valence-electron chi connectivity index (χ1n) is 9.30. The largest absolute Gasteiger partial charge is 0.349 e. The Balaban J connectivity index is 1.92. The third kappa shape index (κ3) is 5.95. The lowest BCUT2D eigenvalue weighted by molar-refractivity contribution is -0.119. The number of nitrogens with one attached hydrogen (secondary N) is 1. The average molecular weight is 449 g/mol. The van der Waals surface area contributed by atoms with Crippen LogP contribution < -0.4 is 5.32 Å². The highest BCUT2D eigenvalue weighted by atomic mass is 32.2. The van der Waals surface area contributed by atoms with Crippen LogP contribution in [0.1, 0.15) is 38.8 Å². The SMILES string of the molecule is CCN(CC)S(=O)(=O)c1ccc(C(C)NC(=O)CSC2CCS(=O)(=O)C2)cc1. The van der Waals surface area contributed by atoms with Crippen molar-refractivity contribution in [1.82, 2.24) is 9.62 Å². The van der Waals surface area contributed by atoms with Gasteiger partial charge in [0.25, 0.3) is 0 Å². The first kappa shape index (κ1) is 23.2. The van der Waals surface area contributed by atoms with Gasteiger partial charge in [-0.2, -0.15) is 4.31 Å². The van der Waals surface area contributed by atoms with Crippen LogP contribution in [0.25, 0.3) is 0 Å². The van der Waals surface area contributed by atoms with E-state index in [1.54, 1.807) is 38.1 Å². The topological polar surface area (TPSA) is 101 Å². The van der Waals surface area contributed by atoms with Crippen molar-refractivity contribution < 1.29 is 21.6 Å². The van der Waals surface area contributed by atoms with Crippen molar-refractivity contribution in [2.75, 3.05) is 30.3 Å². The number of carbonyl (C=O) groups is 1. The molecule has 0 aliphatic carbocycles. The quantitative estimate of drug-likeness (QED) is 0.618. The van der Waals surface area contributed by atoms with Crippen LogP contribution in [0.5, 0.6) is 0 Å². The zero-order chi connectivity index (χ0) is 20.9. The Morgan fingerprint density at radius 1 is 1.25 bits per heavy atom. The molecule has 1 saturated heterocycles. The number of thioether (sulfide) groups is 1. The predicted molar refractivity (Wildman–Crippen MR) is 113 cm³/mol. The minimum Gasteiger partial charge on any atom is -0.349 e. The van der Waals surface area contributed by atoms with Crippen molar-refractivity contribution in [2.45, 2.75) is 43.4 Å². The highest BCUT2D eigenvalue weighted by molar-refractivity contribution is 8.02. The molecule has 1 aromatic carbocycles. The maximum atomic E-state index is 12.5. The summed E-state index contributed by atoms with van der Waals surface area (Å²) in [5.41, 5.74) is 0.806. The number of benzene rings is 1. The number of carbonyl (C=O) groups excluding carboxylic acids is 1. The summed E-state index contributed by atoms with van der Waals surface area (Å²) in [6, 6.07) is 6.26. The first-order chi connectivity index (χ1) is 13.1. The van der Waals surface area contributed by atoms with E-state index in [2.05, 4.69) is 5.32 Å². The highest BCUT2D eigenvalue weighted by Gasteiger charge is 2.28. The van der Waals surface area contributed by atoms with Gasteiger partial charge in [-0.1, -0.05) is 26.0 Å². The van der Waals surface area contributed by atoms with Gasteiger partial charge in [0.1, 0.15) is 0 Å². The average Bonchev–Trinajstić information content (AvgIpc) is 3.00. The van der Waals surface area contributed by atoms with E-state index in [0.29, 0.717) is 19.5 Å². The van der Waals surface area contributed by atoms with Crippen LogP contribution in [0.4, 0.5) is 0 Å². The Bertz CT molecular complexity index is 878. The second kappa shape index (κ2) is 9.60. The lowest BCUT2D eigenvalue weighted by Gasteiger charge is -2.19. The standard InChI is InChI=1S/C18H28N2O5S3/c1-4-20(5-2)28(24,25)17-8-6-15(7-9-17)14(3)19-18(21)12-26-16-10-11-27(22,23)13-16/h6-9,14,16H,4-5,10-13H2,1-3H3,(H,19,21). The van der Waals surface area contributed by atoms with Crippen molar-refractivity contribution in [3.8, 4) is 0 Å². The van der Waals surface area contributed by atoms with Crippen LogP contribution in [0.2, 0.25) is 0 Å². The number of sulfone groups is 1. The fourth-order valence-electron chi connectivity index (χ4n) is 3.09. The molecule has 1 heterocycles. The van der Waals surface area contributed by atoms with Crippen LogP contribution in [-0.2, 0) is 24.7 Å². The van der Waals surface area contributed by atoms with Gasteiger partial charge in [0.05, 0.1) is 28.2 Å². The highest BCUT2D eigenvalue weighted by Crippen LogP contribution is 2.24. The zero-order valence-corrected chi connectivity index (χ0v) is 18.9. The fraction of sp³-hybridized carbons (Fsp3) is 0.611. The van der Waals surface area contributed by atoms with E-state index in [4.69, 9.17) is 0 Å². The third-order valence-electron chi connectivity index (χ3n) is 4.74. The first-order valence-corrected chi connectivity index (χ1v) is 13.6. The molecule has 1 aliphatic heterocycles. The van der Waals surface area contributed by atoms with Gasteiger partial charge in [-0.05, 0) is 31.0 Å². The Morgan fingerprint density at radius 2 is 1.86 bits per heavy atom. The van der Waals surface area contributed by atoms with Gasteiger partial charge < -0.3 is 5.32 Å². The molecule has 10 heteroatoms. The van der Waals surface area contributed by atoms with Gasteiger partial charge in [0, 0.05) is 18.3 Å².